The average Bonchev–Trinajstić information content (AvgIpc) is 2.24. The molecule has 2 rings (SSSR count). The number of rotatable bonds is 3. The van der Waals surface area contributed by atoms with Crippen LogP contribution in [0.1, 0.15) is 13.3 Å². The van der Waals surface area contributed by atoms with Gasteiger partial charge in [-0.2, -0.15) is 4.31 Å². The fourth-order valence-corrected chi connectivity index (χ4v) is 3.98. The molecule has 0 saturated carbocycles. The number of aliphatic hydroxyl groups is 1. The van der Waals surface area contributed by atoms with Crippen LogP contribution in [-0.2, 0) is 10.0 Å². The molecule has 0 spiro atoms. The first-order valence-corrected chi connectivity index (χ1v) is 7.59. The molecule has 0 aliphatic carbocycles. The molecule has 1 heterocycles. The average molecular weight is 320 g/mol. The van der Waals surface area contributed by atoms with Gasteiger partial charge in [0.1, 0.15) is 0 Å². The van der Waals surface area contributed by atoms with Crippen molar-refractivity contribution in [2.75, 3.05) is 13.1 Å². The second-order valence-corrected chi connectivity index (χ2v) is 7.16. The summed E-state index contributed by atoms with van der Waals surface area (Å²) in [6, 6.07) is 6.59. The second kappa shape index (κ2) is 4.35. The number of sulfonamides is 1. The van der Waals surface area contributed by atoms with E-state index in [1.165, 1.54) is 4.31 Å². The summed E-state index contributed by atoms with van der Waals surface area (Å²) in [6.07, 6.45) is 0.567. The van der Waals surface area contributed by atoms with Gasteiger partial charge in [-0.3, -0.25) is 0 Å². The molecular formula is C11H14BrNO3S. The fourth-order valence-electron chi connectivity index (χ4n) is 1.78. The van der Waals surface area contributed by atoms with Gasteiger partial charge in [-0.05, 0) is 24.6 Å². The van der Waals surface area contributed by atoms with Crippen molar-refractivity contribution >= 4 is 26.0 Å². The minimum atomic E-state index is -3.46. The lowest BCUT2D eigenvalue weighted by Crippen LogP contribution is -2.62. The molecule has 0 amide bonds. The Labute approximate surface area is 109 Å². The molecule has 94 valence electrons. The van der Waals surface area contributed by atoms with Gasteiger partial charge in [-0.1, -0.05) is 28.9 Å². The molecule has 1 aromatic carbocycles. The van der Waals surface area contributed by atoms with Crippen LogP contribution in [0.15, 0.2) is 33.6 Å². The van der Waals surface area contributed by atoms with Crippen LogP contribution in [0.4, 0.5) is 0 Å². The summed E-state index contributed by atoms with van der Waals surface area (Å²) in [7, 11) is -3.46. The summed E-state index contributed by atoms with van der Waals surface area (Å²) in [4.78, 5) is 0.255. The van der Waals surface area contributed by atoms with E-state index in [1.54, 1.807) is 24.3 Å². The highest BCUT2D eigenvalue weighted by atomic mass is 79.9. The van der Waals surface area contributed by atoms with Crippen molar-refractivity contribution in [2.45, 2.75) is 23.8 Å². The van der Waals surface area contributed by atoms with Crippen LogP contribution in [0.5, 0.6) is 0 Å². The summed E-state index contributed by atoms with van der Waals surface area (Å²) < 4.78 is 26.4. The van der Waals surface area contributed by atoms with E-state index >= 15 is 0 Å². The van der Waals surface area contributed by atoms with E-state index in [1.807, 2.05) is 6.92 Å². The Kier molecular flexibility index (Phi) is 3.33. The van der Waals surface area contributed by atoms with E-state index in [0.29, 0.717) is 6.42 Å². The first-order valence-electron chi connectivity index (χ1n) is 5.35. The van der Waals surface area contributed by atoms with E-state index in [4.69, 9.17) is 0 Å². The summed E-state index contributed by atoms with van der Waals surface area (Å²) in [6.45, 7) is 2.21. The summed E-state index contributed by atoms with van der Waals surface area (Å²) in [5.74, 6) is 0. The summed E-state index contributed by atoms with van der Waals surface area (Å²) in [5, 5.41) is 9.84. The number of nitrogens with zero attached hydrogens (tertiary/aromatic N) is 1. The first-order chi connectivity index (χ1) is 7.87. The third kappa shape index (κ3) is 2.40. The normalized spacial score (nSPS) is 19.9. The Morgan fingerprint density at radius 2 is 2.12 bits per heavy atom. The number of hydrogen-bond donors (Lipinski definition) is 1. The second-order valence-electron chi connectivity index (χ2n) is 4.31. The Hall–Kier alpha value is -0.430. The predicted octanol–water partition coefficient (Wildman–Crippen LogP) is 1.59. The van der Waals surface area contributed by atoms with Crippen LogP contribution in [-0.4, -0.2) is 36.5 Å². The molecule has 17 heavy (non-hydrogen) atoms. The highest BCUT2D eigenvalue weighted by Gasteiger charge is 2.45. The molecule has 1 fully saturated rings. The van der Waals surface area contributed by atoms with Crippen LogP contribution in [0.3, 0.4) is 0 Å². The van der Waals surface area contributed by atoms with Crippen molar-refractivity contribution in [2.24, 2.45) is 0 Å². The van der Waals surface area contributed by atoms with Crippen molar-refractivity contribution in [3.8, 4) is 0 Å². The van der Waals surface area contributed by atoms with Crippen LogP contribution in [0, 0.1) is 0 Å². The number of hydrogen-bond acceptors (Lipinski definition) is 3. The van der Waals surface area contributed by atoms with Gasteiger partial charge >= 0.3 is 0 Å². The smallest absolute Gasteiger partial charge is 0.243 e. The zero-order valence-corrected chi connectivity index (χ0v) is 11.8. The van der Waals surface area contributed by atoms with Gasteiger partial charge in [0.2, 0.25) is 10.0 Å². The lowest BCUT2D eigenvalue weighted by Gasteiger charge is -2.44. The maximum Gasteiger partial charge on any atom is 0.243 e. The Morgan fingerprint density at radius 1 is 1.47 bits per heavy atom. The van der Waals surface area contributed by atoms with E-state index in [9.17, 15) is 13.5 Å². The van der Waals surface area contributed by atoms with Gasteiger partial charge in [0, 0.05) is 17.6 Å². The maximum absolute atomic E-state index is 12.2. The molecule has 0 atom stereocenters. The molecular weight excluding hydrogens is 306 g/mol. The number of β-amino-alcohol motifs (C(OH)–C–C–N with tert-alkyl or cyclic N) is 1. The third-order valence-corrected chi connectivity index (χ3v) is 5.31. The van der Waals surface area contributed by atoms with Gasteiger partial charge < -0.3 is 5.11 Å². The molecule has 4 nitrogen and oxygen atoms in total. The van der Waals surface area contributed by atoms with Crippen molar-refractivity contribution in [1.29, 1.82) is 0 Å². The molecule has 1 aliphatic heterocycles. The van der Waals surface area contributed by atoms with Gasteiger partial charge in [0.05, 0.1) is 10.5 Å². The van der Waals surface area contributed by atoms with E-state index in [0.717, 1.165) is 4.47 Å². The Morgan fingerprint density at radius 3 is 2.65 bits per heavy atom. The number of benzene rings is 1. The fraction of sp³-hybridized carbons (Fsp3) is 0.455. The molecule has 0 aromatic heterocycles. The molecule has 1 aromatic rings. The molecule has 1 N–H and O–H groups in total. The molecule has 1 saturated heterocycles. The lowest BCUT2D eigenvalue weighted by atomic mass is 9.94. The minimum Gasteiger partial charge on any atom is -0.387 e. The minimum absolute atomic E-state index is 0.179. The Balaban J connectivity index is 2.22. The van der Waals surface area contributed by atoms with Crippen molar-refractivity contribution < 1.29 is 13.5 Å². The van der Waals surface area contributed by atoms with Gasteiger partial charge in [0.25, 0.3) is 0 Å². The molecule has 0 unspecified atom stereocenters. The number of halogens is 1. The van der Waals surface area contributed by atoms with Crippen LogP contribution in [0.2, 0.25) is 0 Å². The standard InChI is InChI=1S/C11H14BrNO3S/c1-2-11(14)7-13(8-11)17(15,16)10-5-3-4-9(12)6-10/h3-6,14H,2,7-8H2,1H3. The van der Waals surface area contributed by atoms with Gasteiger partial charge in [-0.25, -0.2) is 8.42 Å². The SMILES string of the molecule is CCC1(O)CN(S(=O)(=O)c2cccc(Br)c2)C1. The third-order valence-electron chi connectivity index (χ3n) is 3.03. The molecule has 6 heteroatoms. The van der Waals surface area contributed by atoms with Crippen molar-refractivity contribution in [3.05, 3.63) is 28.7 Å². The topological polar surface area (TPSA) is 57.6 Å². The summed E-state index contributed by atoms with van der Waals surface area (Å²) in [5.41, 5.74) is -0.848. The van der Waals surface area contributed by atoms with E-state index in [2.05, 4.69) is 15.9 Å². The highest BCUT2D eigenvalue weighted by Crippen LogP contribution is 2.30. The molecule has 0 bridgehead atoms. The monoisotopic (exact) mass is 319 g/mol. The molecule has 1 aliphatic rings. The van der Waals surface area contributed by atoms with Crippen LogP contribution in [0.25, 0.3) is 0 Å². The lowest BCUT2D eigenvalue weighted by molar-refractivity contribution is -0.0613. The van der Waals surface area contributed by atoms with Gasteiger partial charge in [-0.15, -0.1) is 0 Å². The zero-order chi connectivity index (χ0) is 12.7. The largest absolute Gasteiger partial charge is 0.387 e. The highest BCUT2D eigenvalue weighted by molar-refractivity contribution is 9.10. The quantitative estimate of drug-likeness (QED) is 0.920. The van der Waals surface area contributed by atoms with E-state index in [-0.39, 0.29) is 18.0 Å². The zero-order valence-electron chi connectivity index (χ0n) is 9.43. The molecule has 0 radical (unpaired) electrons. The van der Waals surface area contributed by atoms with Crippen molar-refractivity contribution in [1.82, 2.24) is 4.31 Å². The van der Waals surface area contributed by atoms with Gasteiger partial charge in [0.15, 0.2) is 0 Å². The Bertz CT molecular complexity index is 523. The summed E-state index contributed by atoms with van der Waals surface area (Å²) >= 11 is 3.25. The first kappa shape index (κ1) is 13.0. The maximum atomic E-state index is 12.2. The van der Waals surface area contributed by atoms with Crippen molar-refractivity contribution in [3.63, 3.8) is 0 Å². The predicted molar refractivity (Wildman–Crippen MR) is 68.1 cm³/mol. The van der Waals surface area contributed by atoms with E-state index < -0.39 is 15.6 Å². The van der Waals surface area contributed by atoms with Crippen LogP contribution < -0.4 is 0 Å². The van der Waals surface area contributed by atoms with Crippen LogP contribution >= 0.6 is 15.9 Å².